The molecule has 32 heavy (non-hydrogen) atoms. The Bertz CT molecular complexity index is 991. The van der Waals surface area contributed by atoms with Gasteiger partial charge in [-0.15, -0.1) is 0 Å². The third-order valence-corrected chi connectivity index (χ3v) is 5.29. The average molecular weight is 433 g/mol. The highest BCUT2D eigenvalue weighted by molar-refractivity contribution is 5.89. The van der Waals surface area contributed by atoms with Gasteiger partial charge in [-0.25, -0.2) is 4.39 Å². The van der Waals surface area contributed by atoms with E-state index >= 15 is 0 Å². The lowest BCUT2D eigenvalue weighted by Crippen LogP contribution is -2.44. The van der Waals surface area contributed by atoms with Crippen LogP contribution in [0, 0.1) is 5.82 Å². The highest BCUT2D eigenvalue weighted by atomic mass is 19.1. The largest absolute Gasteiger partial charge is 0.354 e. The summed E-state index contributed by atoms with van der Waals surface area (Å²) in [6.07, 6.45) is 2.00. The second-order valence-electron chi connectivity index (χ2n) is 7.77. The molecule has 1 N–H and O–H groups in total. The van der Waals surface area contributed by atoms with Gasteiger partial charge >= 0.3 is 0 Å². The molecule has 0 aliphatic carbocycles. The first-order valence-corrected chi connectivity index (χ1v) is 11.0. The molecule has 0 bridgehead atoms. The second-order valence-corrected chi connectivity index (χ2v) is 7.77. The third kappa shape index (κ3) is 6.51. The Morgan fingerprint density at radius 2 is 1.50 bits per heavy atom. The van der Waals surface area contributed by atoms with Crippen molar-refractivity contribution in [2.45, 2.75) is 38.8 Å². The Hall–Kier alpha value is -3.47. The van der Waals surface area contributed by atoms with E-state index in [1.807, 2.05) is 60.7 Å². The van der Waals surface area contributed by atoms with E-state index in [0.29, 0.717) is 6.54 Å². The van der Waals surface area contributed by atoms with Crippen LogP contribution in [-0.2, 0) is 22.6 Å². The summed E-state index contributed by atoms with van der Waals surface area (Å²) in [5, 5.41) is 2.98. The molecule has 0 radical (unpaired) electrons. The summed E-state index contributed by atoms with van der Waals surface area (Å²) in [6.45, 7) is 2.81. The van der Waals surface area contributed by atoms with Gasteiger partial charge in [0.2, 0.25) is 11.8 Å². The van der Waals surface area contributed by atoms with Gasteiger partial charge in [-0.2, -0.15) is 0 Å². The molecule has 0 aromatic heterocycles. The molecule has 5 heteroatoms. The monoisotopic (exact) mass is 432 g/mol. The lowest BCUT2D eigenvalue weighted by atomic mass is 10.0. The van der Waals surface area contributed by atoms with E-state index in [0.717, 1.165) is 29.5 Å². The van der Waals surface area contributed by atoms with Crippen LogP contribution < -0.4 is 5.32 Å². The van der Waals surface area contributed by atoms with Crippen LogP contribution in [-0.4, -0.2) is 23.3 Å². The summed E-state index contributed by atoms with van der Waals surface area (Å²) < 4.78 is 13.5. The van der Waals surface area contributed by atoms with E-state index < -0.39 is 6.04 Å². The fraction of sp³-hybridized carbons (Fsp3) is 0.259. The minimum atomic E-state index is -0.783. The standard InChI is InChI=1S/C27H29FN2O2/c1-2-3-18-29-27(32)26(23-12-8-5-9-13-23)30(20-22-14-16-24(28)17-15-22)25(31)19-21-10-6-4-7-11-21/h4-17,26H,2-3,18-20H2,1H3,(H,29,32). The molecule has 0 heterocycles. The molecule has 0 saturated heterocycles. The third-order valence-electron chi connectivity index (χ3n) is 5.29. The number of rotatable bonds is 10. The van der Waals surface area contributed by atoms with E-state index in [4.69, 9.17) is 0 Å². The van der Waals surface area contributed by atoms with E-state index in [1.54, 1.807) is 17.0 Å². The molecule has 0 spiro atoms. The molecule has 2 amide bonds. The molecule has 3 aromatic rings. The predicted octanol–water partition coefficient (Wildman–Crippen LogP) is 5.05. The molecule has 1 atom stereocenters. The van der Waals surface area contributed by atoms with E-state index in [1.165, 1.54) is 12.1 Å². The minimum absolute atomic E-state index is 0.167. The maximum absolute atomic E-state index is 13.5. The zero-order valence-corrected chi connectivity index (χ0v) is 18.3. The van der Waals surface area contributed by atoms with Crippen molar-refractivity contribution < 1.29 is 14.0 Å². The van der Waals surface area contributed by atoms with Crippen LogP contribution in [0.1, 0.15) is 42.5 Å². The van der Waals surface area contributed by atoms with Crippen molar-refractivity contribution in [2.24, 2.45) is 0 Å². The van der Waals surface area contributed by atoms with Gasteiger partial charge in [-0.1, -0.05) is 86.1 Å². The number of amides is 2. The summed E-state index contributed by atoms with van der Waals surface area (Å²) in [7, 11) is 0. The summed E-state index contributed by atoms with van der Waals surface area (Å²) in [5.74, 6) is -0.721. The Labute approximate surface area is 189 Å². The number of hydrogen-bond acceptors (Lipinski definition) is 2. The smallest absolute Gasteiger partial charge is 0.247 e. The van der Waals surface area contributed by atoms with Gasteiger partial charge in [0.15, 0.2) is 0 Å². The van der Waals surface area contributed by atoms with E-state index in [2.05, 4.69) is 12.2 Å². The van der Waals surface area contributed by atoms with Gasteiger partial charge in [0.25, 0.3) is 0 Å². The van der Waals surface area contributed by atoms with Crippen molar-refractivity contribution in [3.8, 4) is 0 Å². The van der Waals surface area contributed by atoms with Gasteiger partial charge in [0.1, 0.15) is 11.9 Å². The molecule has 1 unspecified atom stereocenters. The Morgan fingerprint density at radius 3 is 2.12 bits per heavy atom. The quantitative estimate of drug-likeness (QED) is 0.456. The Kier molecular flexibility index (Phi) is 8.55. The fourth-order valence-electron chi connectivity index (χ4n) is 3.58. The number of unbranched alkanes of at least 4 members (excludes halogenated alkanes) is 1. The number of halogens is 1. The van der Waals surface area contributed by atoms with Gasteiger partial charge in [0.05, 0.1) is 6.42 Å². The SMILES string of the molecule is CCCCNC(=O)C(c1ccccc1)N(Cc1ccc(F)cc1)C(=O)Cc1ccccc1. The number of nitrogens with zero attached hydrogens (tertiary/aromatic N) is 1. The van der Waals surface area contributed by atoms with Gasteiger partial charge in [0, 0.05) is 13.1 Å². The lowest BCUT2D eigenvalue weighted by molar-refractivity contribution is -0.141. The zero-order valence-electron chi connectivity index (χ0n) is 18.3. The van der Waals surface area contributed by atoms with Crippen molar-refractivity contribution in [3.63, 3.8) is 0 Å². The Morgan fingerprint density at radius 1 is 0.875 bits per heavy atom. The number of carbonyl (C=O) groups excluding carboxylic acids is 2. The highest BCUT2D eigenvalue weighted by Crippen LogP contribution is 2.25. The Balaban J connectivity index is 1.96. The van der Waals surface area contributed by atoms with E-state index in [-0.39, 0.29) is 30.6 Å². The van der Waals surface area contributed by atoms with Crippen LogP contribution in [0.15, 0.2) is 84.9 Å². The molecule has 166 valence electrons. The van der Waals surface area contributed by atoms with Crippen molar-refractivity contribution >= 4 is 11.8 Å². The topological polar surface area (TPSA) is 49.4 Å². The summed E-state index contributed by atoms with van der Waals surface area (Å²) >= 11 is 0. The van der Waals surface area contributed by atoms with Crippen LogP contribution in [0.2, 0.25) is 0 Å². The molecule has 0 aliphatic heterocycles. The molecule has 0 saturated carbocycles. The molecular formula is C27H29FN2O2. The van der Waals surface area contributed by atoms with Crippen LogP contribution in [0.25, 0.3) is 0 Å². The van der Waals surface area contributed by atoms with Gasteiger partial charge in [-0.3, -0.25) is 9.59 Å². The highest BCUT2D eigenvalue weighted by Gasteiger charge is 2.31. The first-order chi connectivity index (χ1) is 15.6. The number of benzene rings is 3. The lowest BCUT2D eigenvalue weighted by Gasteiger charge is -2.32. The first-order valence-electron chi connectivity index (χ1n) is 11.0. The maximum atomic E-state index is 13.5. The molecular weight excluding hydrogens is 403 g/mol. The van der Waals surface area contributed by atoms with Crippen LogP contribution in [0.4, 0.5) is 4.39 Å². The fourth-order valence-corrected chi connectivity index (χ4v) is 3.58. The maximum Gasteiger partial charge on any atom is 0.247 e. The summed E-state index contributed by atoms with van der Waals surface area (Å²) in [4.78, 5) is 28.4. The number of nitrogens with one attached hydrogen (secondary N) is 1. The molecule has 3 rings (SSSR count). The van der Waals surface area contributed by atoms with Crippen LogP contribution in [0.3, 0.4) is 0 Å². The van der Waals surface area contributed by atoms with Crippen LogP contribution in [0.5, 0.6) is 0 Å². The summed E-state index contributed by atoms with van der Waals surface area (Å²) in [6, 6.07) is 24.0. The predicted molar refractivity (Wildman–Crippen MR) is 124 cm³/mol. The normalized spacial score (nSPS) is 11.6. The van der Waals surface area contributed by atoms with Crippen molar-refractivity contribution in [1.82, 2.24) is 10.2 Å². The molecule has 3 aromatic carbocycles. The summed E-state index contributed by atoms with van der Waals surface area (Å²) in [5.41, 5.74) is 2.37. The first kappa shape index (κ1) is 23.2. The van der Waals surface area contributed by atoms with Gasteiger partial charge < -0.3 is 10.2 Å². The van der Waals surface area contributed by atoms with Crippen molar-refractivity contribution in [3.05, 3.63) is 107 Å². The van der Waals surface area contributed by atoms with Crippen molar-refractivity contribution in [1.29, 1.82) is 0 Å². The van der Waals surface area contributed by atoms with E-state index in [9.17, 15) is 14.0 Å². The molecule has 0 fully saturated rings. The number of hydrogen-bond donors (Lipinski definition) is 1. The zero-order chi connectivity index (χ0) is 22.8. The van der Waals surface area contributed by atoms with Crippen LogP contribution >= 0.6 is 0 Å². The van der Waals surface area contributed by atoms with Gasteiger partial charge in [-0.05, 0) is 35.2 Å². The minimum Gasteiger partial charge on any atom is -0.354 e. The molecule has 0 aliphatic rings. The van der Waals surface area contributed by atoms with Crippen molar-refractivity contribution in [2.75, 3.05) is 6.54 Å². The average Bonchev–Trinajstić information content (AvgIpc) is 2.81. The second kappa shape index (κ2) is 11.8. The number of carbonyl (C=O) groups is 2. The molecule has 4 nitrogen and oxygen atoms in total.